The molecule has 176 valence electrons. The van der Waals surface area contributed by atoms with Crippen molar-refractivity contribution >= 4 is 39.8 Å². The predicted molar refractivity (Wildman–Crippen MR) is 140 cm³/mol. The monoisotopic (exact) mass is 474 g/mol. The summed E-state index contributed by atoms with van der Waals surface area (Å²) in [6.45, 7) is 1.52. The fourth-order valence-electron chi connectivity index (χ4n) is 3.77. The fourth-order valence-corrected chi connectivity index (χ4v) is 3.77. The topological polar surface area (TPSA) is 93.2 Å². The zero-order valence-electron chi connectivity index (χ0n) is 19.4. The normalized spacial score (nSPS) is 10.6. The van der Waals surface area contributed by atoms with Crippen LogP contribution in [0.3, 0.4) is 0 Å². The van der Waals surface area contributed by atoms with Crippen molar-refractivity contribution in [3.8, 4) is 11.6 Å². The Morgan fingerprint density at radius 3 is 2.44 bits per heavy atom. The van der Waals surface area contributed by atoms with Gasteiger partial charge < -0.3 is 15.4 Å². The highest BCUT2D eigenvalue weighted by Crippen LogP contribution is 2.28. The highest BCUT2D eigenvalue weighted by Gasteiger charge is 2.12. The highest BCUT2D eigenvalue weighted by molar-refractivity contribution is 6.13. The van der Waals surface area contributed by atoms with Gasteiger partial charge in [0.05, 0.1) is 0 Å². The minimum Gasteiger partial charge on any atom is -0.439 e. The molecule has 4 aromatic carbocycles. The van der Waals surface area contributed by atoms with Crippen LogP contribution in [-0.4, -0.2) is 21.7 Å². The van der Waals surface area contributed by atoms with Gasteiger partial charge in [-0.05, 0) is 66.2 Å². The molecule has 0 spiro atoms. The van der Waals surface area contributed by atoms with Gasteiger partial charge in [0.1, 0.15) is 5.75 Å². The molecule has 5 rings (SSSR count). The Morgan fingerprint density at radius 2 is 1.61 bits per heavy atom. The molecular weight excluding hydrogens is 452 g/mol. The summed E-state index contributed by atoms with van der Waals surface area (Å²) in [5, 5.41) is 7.70. The van der Waals surface area contributed by atoms with Crippen molar-refractivity contribution in [1.29, 1.82) is 0 Å². The average molecular weight is 475 g/mol. The molecule has 0 unspecified atom stereocenters. The number of anilines is 3. The number of amides is 1. The SMILES string of the molecule is CC(=O)c1cccc(Nc2nccc(Oc3ccc4c(C(=O)Nc5ccccc5)cccc4c3)n2)c1. The third kappa shape index (κ3) is 5.20. The maximum Gasteiger partial charge on any atom is 0.256 e. The molecule has 0 saturated heterocycles. The lowest BCUT2D eigenvalue weighted by molar-refractivity contribution is 0.101. The zero-order valence-corrected chi connectivity index (χ0v) is 19.4. The second-order valence-corrected chi connectivity index (χ2v) is 8.09. The van der Waals surface area contributed by atoms with Gasteiger partial charge in [-0.3, -0.25) is 9.59 Å². The Kier molecular flexibility index (Phi) is 6.36. The van der Waals surface area contributed by atoms with E-state index >= 15 is 0 Å². The van der Waals surface area contributed by atoms with E-state index in [0.717, 1.165) is 16.5 Å². The summed E-state index contributed by atoms with van der Waals surface area (Å²) in [5.41, 5.74) is 2.61. The van der Waals surface area contributed by atoms with Gasteiger partial charge in [0, 0.05) is 34.8 Å². The van der Waals surface area contributed by atoms with Crippen LogP contribution in [0.4, 0.5) is 17.3 Å². The van der Waals surface area contributed by atoms with Gasteiger partial charge in [-0.25, -0.2) is 4.98 Å². The van der Waals surface area contributed by atoms with Crippen molar-refractivity contribution < 1.29 is 14.3 Å². The number of Topliss-reactive ketones (excluding diaryl/α,β-unsaturated/α-hetero) is 1. The van der Waals surface area contributed by atoms with Crippen molar-refractivity contribution in [2.75, 3.05) is 10.6 Å². The van der Waals surface area contributed by atoms with E-state index in [0.29, 0.717) is 34.4 Å². The Labute approximate surface area is 207 Å². The Hall–Kier alpha value is -5.04. The summed E-state index contributed by atoms with van der Waals surface area (Å²) in [5.74, 6) is 1.07. The molecule has 5 aromatic rings. The number of ether oxygens (including phenoxy) is 1. The van der Waals surface area contributed by atoms with Gasteiger partial charge in [0.2, 0.25) is 11.8 Å². The minimum absolute atomic E-state index is 0.0198. The van der Waals surface area contributed by atoms with Crippen molar-refractivity contribution in [2.45, 2.75) is 6.92 Å². The summed E-state index contributed by atoms with van der Waals surface area (Å²) in [7, 11) is 0. The van der Waals surface area contributed by atoms with Crippen LogP contribution in [0.25, 0.3) is 10.8 Å². The van der Waals surface area contributed by atoms with Crippen LogP contribution in [0.1, 0.15) is 27.6 Å². The molecule has 0 aliphatic heterocycles. The van der Waals surface area contributed by atoms with E-state index in [2.05, 4.69) is 20.6 Å². The molecular formula is C29H22N4O3. The summed E-state index contributed by atoms with van der Waals surface area (Å²) >= 11 is 0. The number of rotatable bonds is 7. The molecule has 0 fully saturated rings. The molecule has 0 aliphatic rings. The molecule has 7 heteroatoms. The lowest BCUT2D eigenvalue weighted by atomic mass is 10.0. The third-order valence-corrected chi connectivity index (χ3v) is 5.51. The van der Waals surface area contributed by atoms with Crippen LogP contribution < -0.4 is 15.4 Å². The van der Waals surface area contributed by atoms with Crippen molar-refractivity contribution in [1.82, 2.24) is 9.97 Å². The van der Waals surface area contributed by atoms with Crippen LogP contribution in [0, 0.1) is 0 Å². The van der Waals surface area contributed by atoms with Gasteiger partial charge >= 0.3 is 0 Å². The number of ketones is 1. The molecule has 1 heterocycles. The second kappa shape index (κ2) is 10.1. The summed E-state index contributed by atoms with van der Waals surface area (Å²) in [4.78, 5) is 33.2. The number of carbonyl (C=O) groups is 2. The maximum absolute atomic E-state index is 12.9. The average Bonchev–Trinajstić information content (AvgIpc) is 2.89. The number of para-hydroxylation sites is 1. The van der Waals surface area contributed by atoms with Crippen molar-refractivity contribution in [3.05, 3.63) is 114 Å². The molecule has 1 amide bonds. The number of benzene rings is 4. The first kappa shape index (κ1) is 22.7. The molecule has 2 N–H and O–H groups in total. The minimum atomic E-state index is -0.180. The quantitative estimate of drug-likeness (QED) is 0.258. The van der Waals surface area contributed by atoms with Gasteiger partial charge in [-0.1, -0.05) is 42.5 Å². The number of nitrogens with zero attached hydrogens (tertiary/aromatic N) is 2. The van der Waals surface area contributed by atoms with Gasteiger partial charge in [0.15, 0.2) is 5.78 Å². The summed E-state index contributed by atoms with van der Waals surface area (Å²) in [6, 6.07) is 29.2. The molecule has 7 nitrogen and oxygen atoms in total. The Morgan fingerprint density at radius 1 is 0.806 bits per heavy atom. The van der Waals surface area contributed by atoms with E-state index in [1.807, 2.05) is 60.7 Å². The summed E-state index contributed by atoms with van der Waals surface area (Å²) < 4.78 is 5.98. The van der Waals surface area contributed by atoms with E-state index in [-0.39, 0.29) is 11.7 Å². The number of fused-ring (bicyclic) bond motifs is 1. The summed E-state index contributed by atoms with van der Waals surface area (Å²) in [6.07, 6.45) is 1.59. The number of hydrogen-bond donors (Lipinski definition) is 2. The lowest BCUT2D eigenvalue weighted by Crippen LogP contribution is -2.12. The smallest absolute Gasteiger partial charge is 0.256 e. The zero-order chi connectivity index (χ0) is 24.9. The third-order valence-electron chi connectivity index (χ3n) is 5.51. The number of aromatic nitrogens is 2. The first-order chi connectivity index (χ1) is 17.5. The second-order valence-electron chi connectivity index (χ2n) is 8.09. The number of carbonyl (C=O) groups excluding carboxylic acids is 2. The van der Waals surface area contributed by atoms with Crippen LogP contribution in [0.2, 0.25) is 0 Å². The number of nitrogens with one attached hydrogen (secondary N) is 2. The standard InChI is InChI=1S/C29H22N4O3/c1-19(34)20-7-5-11-23(17-20)32-29-30-16-15-27(33-29)36-24-13-14-25-21(18-24)8-6-12-26(25)28(35)31-22-9-3-2-4-10-22/h2-18H,1H3,(H,31,35)(H,30,32,33). The molecule has 1 aromatic heterocycles. The van der Waals surface area contributed by atoms with E-state index < -0.39 is 0 Å². The molecule has 0 aliphatic carbocycles. The van der Waals surface area contributed by atoms with E-state index in [4.69, 9.17) is 4.74 Å². The molecule has 0 bridgehead atoms. The molecule has 0 atom stereocenters. The Balaban J connectivity index is 1.34. The van der Waals surface area contributed by atoms with E-state index in [1.54, 1.807) is 42.6 Å². The first-order valence-electron chi connectivity index (χ1n) is 11.3. The van der Waals surface area contributed by atoms with Crippen LogP contribution in [0.15, 0.2) is 103 Å². The van der Waals surface area contributed by atoms with Crippen LogP contribution >= 0.6 is 0 Å². The van der Waals surface area contributed by atoms with Gasteiger partial charge in [-0.2, -0.15) is 4.98 Å². The fraction of sp³-hybridized carbons (Fsp3) is 0.0345. The highest BCUT2D eigenvalue weighted by atomic mass is 16.5. The van der Waals surface area contributed by atoms with Crippen molar-refractivity contribution in [3.63, 3.8) is 0 Å². The largest absolute Gasteiger partial charge is 0.439 e. The van der Waals surface area contributed by atoms with E-state index in [1.165, 1.54) is 6.92 Å². The molecule has 36 heavy (non-hydrogen) atoms. The lowest BCUT2D eigenvalue weighted by Gasteiger charge is -2.11. The van der Waals surface area contributed by atoms with Crippen molar-refractivity contribution in [2.24, 2.45) is 0 Å². The molecule has 0 saturated carbocycles. The maximum atomic E-state index is 12.9. The van der Waals surface area contributed by atoms with Crippen LogP contribution in [-0.2, 0) is 0 Å². The first-order valence-corrected chi connectivity index (χ1v) is 11.3. The van der Waals surface area contributed by atoms with Gasteiger partial charge in [0.25, 0.3) is 5.91 Å². The Bertz CT molecular complexity index is 1570. The number of hydrogen-bond acceptors (Lipinski definition) is 6. The molecule has 0 radical (unpaired) electrons. The van der Waals surface area contributed by atoms with Crippen LogP contribution in [0.5, 0.6) is 11.6 Å². The van der Waals surface area contributed by atoms with E-state index in [9.17, 15) is 9.59 Å². The predicted octanol–water partition coefficient (Wildman–Crippen LogP) is 6.62. The van der Waals surface area contributed by atoms with Gasteiger partial charge in [-0.15, -0.1) is 0 Å².